The normalized spacial score (nSPS) is 15.0. The molecule has 0 atom stereocenters. The van der Waals surface area contributed by atoms with Crippen LogP contribution < -0.4 is 5.32 Å². The first kappa shape index (κ1) is 13.2. The summed E-state index contributed by atoms with van der Waals surface area (Å²) in [7, 11) is 0. The molecule has 1 saturated carbocycles. The molecule has 1 aliphatic carbocycles. The van der Waals surface area contributed by atoms with Crippen molar-refractivity contribution in [3.8, 4) is 5.69 Å². The van der Waals surface area contributed by atoms with Crippen LogP contribution in [0.2, 0.25) is 0 Å². The van der Waals surface area contributed by atoms with Crippen LogP contribution in [0.3, 0.4) is 0 Å². The Morgan fingerprint density at radius 3 is 2.75 bits per heavy atom. The molecule has 0 radical (unpaired) electrons. The molecular weight excluding hydrogens is 250 g/mol. The van der Waals surface area contributed by atoms with Crippen molar-refractivity contribution in [3.63, 3.8) is 0 Å². The molecule has 2 heterocycles. The van der Waals surface area contributed by atoms with Gasteiger partial charge in [-0.25, -0.2) is 15.0 Å². The second-order valence-electron chi connectivity index (χ2n) is 5.71. The molecule has 0 unspecified atom stereocenters. The van der Waals surface area contributed by atoms with Crippen molar-refractivity contribution in [3.05, 3.63) is 35.9 Å². The fourth-order valence-corrected chi connectivity index (χ4v) is 2.20. The van der Waals surface area contributed by atoms with Crippen molar-refractivity contribution in [1.29, 1.82) is 0 Å². The summed E-state index contributed by atoms with van der Waals surface area (Å²) in [5, 5.41) is 3.54. The summed E-state index contributed by atoms with van der Waals surface area (Å²) in [6.07, 6.45) is 8.25. The molecule has 2 aromatic rings. The van der Waals surface area contributed by atoms with Gasteiger partial charge in [0.05, 0.1) is 17.6 Å². The quantitative estimate of drug-likeness (QED) is 0.907. The molecule has 3 rings (SSSR count). The zero-order valence-corrected chi connectivity index (χ0v) is 12.3. The summed E-state index contributed by atoms with van der Waals surface area (Å²) >= 11 is 0. The highest BCUT2D eigenvalue weighted by atomic mass is 15.1. The summed E-state index contributed by atoms with van der Waals surface area (Å²) in [6, 6.07) is 0.671. The van der Waals surface area contributed by atoms with Crippen molar-refractivity contribution in [2.75, 3.05) is 0 Å². The van der Waals surface area contributed by atoms with Crippen molar-refractivity contribution < 1.29 is 0 Å². The van der Waals surface area contributed by atoms with E-state index in [2.05, 4.69) is 29.1 Å². The standard InChI is InChI=1S/C15H21N5/c1-10(2)15-18-9-14(20-7-6-16-11(20)3)13(19-15)8-17-12-4-5-12/h6-7,9-10,12,17H,4-5,8H2,1-3H3. The largest absolute Gasteiger partial charge is 0.308 e. The molecule has 5 heteroatoms. The maximum Gasteiger partial charge on any atom is 0.131 e. The van der Waals surface area contributed by atoms with Crippen LogP contribution in [0.15, 0.2) is 18.6 Å². The number of hydrogen-bond acceptors (Lipinski definition) is 4. The zero-order valence-electron chi connectivity index (χ0n) is 12.3. The number of imidazole rings is 1. The lowest BCUT2D eigenvalue weighted by atomic mass is 10.2. The highest BCUT2D eigenvalue weighted by Crippen LogP contribution is 2.21. The number of aromatic nitrogens is 4. The first-order chi connectivity index (χ1) is 9.65. The van der Waals surface area contributed by atoms with E-state index in [9.17, 15) is 0 Å². The second-order valence-corrected chi connectivity index (χ2v) is 5.71. The predicted molar refractivity (Wildman–Crippen MR) is 77.8 cm³/mol. The molecule has 106 valence electrons. The van der Waals surface area contributed by atoms with E-state index in [-0.39, 0.29) is 0 Å². The van der Waals surface area contributed by atoms with E-state index in [1.807, 2.05) is 30.1 Å². The Hall–Kier alpha value is -1.75. The Kier molecular flexibility index (Phi) is 3.53. The Morgan fingerprint density at radius 2 is 2.15 bits per heavy atom. The van der Waals surface area contributed by atoms with Crippen LogP contribution in [0.5, 0.6) is 0 Å². The van der Waals surface area contributed by atoms with Crippen molar-refractivity contribution in [2.45, 2.75) is 52.1 Å². The second kappa shape index (κ2) is 5.32. The third-order valence-corrected chi connectivity index (χ3v) is 3.60. The molecule has 20 heavy (non-hydrogen) atoms. The van der Waals surface area contributed by atoms with Gasteiger partial charge < -0.3 is 9.88 Å². The molecule has 1 N–H and O–H groups in total. The van der Waals surface area contributed by atoms with Crippen LogP contribution in [0.1, 0.15) is 49.9 Å². The summed E-state index contributed by atoms with van der Waals surface area (Å²) in [5.74, 6) is 2.20. The van der Waals surface area contributed by atoms with E-state index < -0.39 is 0 Å². The molecule has 1 aliphatic rings. The molecule has 0 bridgehead atoms. The monoisotopic (exact) mass is 271 g/mol. The van der Waals surface area contributed by atoms with Gasteiger partial charge in [0.2, 0.25) is 0 Å². The van der Waals surface area contributed by atoms with Gasteiger partial charge in [0.1, 0.15) is 11.6 Å². The number of aryl methyl sites for hydroxylation is 1. The Labute approximate surface area is 119 Å². The molecule has 0 spiro atoms. The molecule has 0 amide bonds. The number of rotatable bonds is 5. The molecular formula is C15H21N5. The average Bonchev–Trinajstić information content (AvgIpc) is 3.17. The smallest absolute Gasteiger partial charge is 0.131 e. The summed E-state index contributed by atoms with van der Waals surface area (Å²) in [6.45, 7) is 7.03. The minimum atomic E-state index is 0.340. The van der Waals surface area contributed by atoms with Gasteiger partial charge in [-0.15, -0.1) is 0 Å². The van der Waals surface area contributed by atoms with Crippen LogP contribution in [0, 0.1) is 6.92 Å². The Balaban J connectivity index is 1.96. The van der Waals surface area contributed by atoms with Gasteiger partial charge in [-0.1, -0.05) is 13.8 Å². The van der Waals surface area contributed by atoms with Gasteiger partial charge in [-0.2, -0.15) is 0 Å². The maximum absolute atomic E-state index is 4.75. The average molecular weight is 271 g/mol. The van der Waals surface area contributed by atoms with Crippen LogP contribution in [-0.4, -0.2) is 25.6 Å². The van der Waals surface area contributed by atoms with E-state index in [1.54, 1.807) is 0 Å². The van der Waals surface area contributed by atoms with E-state index in [0.29, 0.717) is 12.0 Å². The lowest BCUT2D eigenvalue weighted by Crippen LogP contribution is -2.19. The molecule has 2 aromatic heterocycles. The van der Waals surface area contributed by atoms with Crippen molar-refractivity contribution in [2.24, 2.45) is 0 Å². The molecule has 0 saturated heterocycles. The fourth-order valence-electron chi connectivity index (χ4n) is 2.20. The highest BCUT2D eigenvalue weighted by molar-refractivity contribution is 5.36. The van der Waals surface area contributed by atoms with Crippen LogP contribution in [-0.2, 0) is 6.54 Å². The molecule has 0 aliphatic heterocycles. The Morgan fingerprint density at radius 1 is 1.35 bits per heavy atom. The first-order valence-electron chi connectivity index (χ1n) is 7.24. The number of hydrogen-bond donors (Lipinski definition) is 1. The lowest BCUT2D eigenvalue weighted by Gasteiger charge is -2.14. The van der Waals surface area contributed by atoms with Crippen LogP contribution in [0.4, 0.5) is 0 Å². The van der Waals surface area contributed by atoms with Gasteiger partial charge in [-0.05, 0) is 19.8 Å². The van der Waals surface area contributed by atoms with E-state index in [0.717, 1.165) is 29.6 Å². The maximum atomic E-state index is 4.75. The summed E-state index contributed by atoms with van der Waals surface area (Å²) < 4.78 is 2.05. The number of nitrogens with one attached hydrogen (secondary N) is 1. The van der Waals surface area contributed by atoms with Crippen LogP contribution in [0.25, 0.3) is 5.69 Å². The van der Waals surface area contributed by atoms with Crippen LogP contribution >= 0.6 is 0 Å². The van der Waals surface area contributed by atoms with E-state index in [4.69, 9.17) is 4.98 Å². The van der Waals surface area contributed by atoms with Gasteiger partial charge in [-0.3, -0.25) is 0 Å². The van der Waals surface area contributed by atoms with E-state index >= 15 is 0 Å². The third kappa shape index (κ3) is 2.72. The minimum absolute atomic E-state index is 0.340. The van der Waals surface area contributed by atoms with Gasteiger partial charge in [0.15, 0.2) is 0 Å². The fraction of sp³-hybridized carbons (Fsp3) is 0.533. The zero-order chi connectivity index (χ0) is 14.1. The van der Waals surface area contributed by atoms with Gasteiger partial charge >= 0.3 is 0 Å². The molecule has 1 fully saturated rings. The predicted octanol–water partition coefficient (Wildman–Crippen LogP) is 2.35. The van der Waals surface area contributed by atoms with Gasteiger partial charge in [0, 0.05) is 30.9 Å². The molecule has 5 nitrogen and oxygen atoms in total. The SMILES string of the molecule is Cc1nccn1-c1cnc(C(C)C)nc1CNC1CC1. The third-order valence-electron chi connectivity index (χ3n) is 3.60. The molecule has 0 aromatic carbocycles. The summed E-state index contributed by atoms with van der Waals surface area (Å²) in [5.41, 5.74) is 2.08. The minimum Gasteiger partial charge on any atom is -0.308 e. The topological polar surface area (TPSA) is 55.6 Å². The lowest BCUT2D eigenvalue weighted by molar-refractivity contribution is 0.653. The summed E-state index contributed by atoms with van der Waals surface area (Å²) in [4.78, 5) is 13.5. The van der Waals surface area contributed by atoms with Gasteiger partial charge in [0.25, 0.3) is 0 Å². The van der Waals surface area contributed by atoms with Crippen molar-refractivity contribution in [1.82, 2.24) is 24.8 Å². The van der Waals surface area contributed by atoms with E-state index in [1.165, 1.54) is 12.8 Å². The highest BCUT2D eigenvalue weighted by Gasteiger charge is 2.21. The first-order valence-corrected chi connectivity index (χ1v) is 7.24. The van der Waals surface area contributed by atoms with Crippen molar-refractivity contribution >= 4 is 0 Å². The Bertz CT molecular complexity index is 598. The number of nitrogens with zero attached hydrogens (tertiary/aromatic N) is 4.